The molecule has 8 heteroatoms. The van der Waals surface area contributed by atoms with Crippen LogP contribution in [0.2, 0.25) is 0 Å². The first-order valence-corrected chi connectivity index (χ1v) is 6.76. The topological polar surface area (TPSA) is 67.8 Å². The van der Waals surface area contributed by atoms with Crippen LogP contribution in [0.1, 0.15) is 10.4 Å². The van der Waals surface area contributed by atoms with E-state index in [2.05, 4.69) is 10.1 Å². The number of hydrogen-bond acceptors (Lipinski definition) is 4. The Bertz CT molecular complexity index is 732. The van der Waals surface area contributed by atoms with Gasteiger partial charge in [-0.25, -0.2) is 0 Å². The number of ether oxygens (including phenoxy) is 2. The van der Waals surface area contributed by atoms with Crippen LogP contribution in [0.25, 0.3) is 0 Å². The second-order valence-electron chi connectivity index (χ2n) is 4.77. The third-order valence-electron chi connectivity index (χ3n) is 2.91. The highest BCUT2D eigenvalue weighted by molar-refractivity contribution is 6.05. The lowest BCUT2D eigenvalue weighted by Gasteiger charge is -2.12. The second-order valence-corrected chi connectivity index (χ2v) is 4.77. The van der Waals surface area contributed by atoms with Gasteiger partial charge in [0.25, 0.3) is 5.91 Å². The summed E-state index contributed by atoms with van der Waals surface area (Å²) in [5, 5.41) is 12.1. The van der Waals surface area contributed by atoms with Crippen molar-refractivity contribution in [3.8, 4) is 17.2 Å². The second kappa shape index (κ2) is 7.12. The minimum absolute atomic E-state index is 0.0573. The number of aromatic hydroxyl groups is 1. The first-order chi connectivity index (χ1) is 11.3. The molecule has 0 radical (unpaired) electrons. The Kier molecular flexibility index (Phi) is 5.18. The maximum absolute atomic E-state index is 12.2. The smallest absolute Gasteiger partial charge is 0.422 e. The summed E-state index contributed by atoms with van der Waals surface area (Å²) in [5.74, 6) is -0.871. The molecule has 0 aromatic heterocycles. The first kappa shape index (κ1) is 17.5. The zero-order valence-corrected chi connectivity index (χ0v) is 12.6. The SMILES string of the molecule is COc1ccccc1NC(=O)c1cc(O)cc(OCC(F)(F)F)c1. The molecule has 0 bridgehead atoms. The van der Waals surface area contributed by atoms with Crippen LogP contribution in [0.15, 0.2) is 42.5 Å². The summed E-state index contributed by atoms with van der Waals surface area (Å²) in [6.07, 6.45) is -4.52. The molecule has 0 spiro atoms. The van der Waals surface area contributed by atoms with Gasteiger partial charge in [0.1, 0.15) is 17.2 Å². The van der Waals surface area contributed by atoms with Crippen molar-refractivity contribution in [3.63, 3.8) is 0 Å². The third-order valence-corrected chi connectivity index (χ3v) is 2.91. The van der Waals surface area contributed by atoms with Crippen LogP contribution in [0.4, 0.5) is 18.9 Å². The predicted octanol–water partition coefficient (Wildman–Crippen LogP) is 3.59. The molecule has 1 amide bonds. The van der Waals surface area contributed by atoms with E-state index in [-0.39, 0.29) is 17.1 Å². The van der Waals surface area contributed by atoms with Crippen molar-refractivity contribution in [1.82, 2.24) is 0 Å². The lowest BCUT2D eigenvalue weighted by molar-refractivity contribution is -0.153. The summed E-state index contributed by atoms with van der Waals surface area (Å²) < 4.78 is 46.2. The fourth-order valence-electron chi connectivity index (χ4n) is 1.91. The zero-order chi connectivity index (χ0) is 17.7. The number of carbonyl (C=O) groups excluding carboxylic acids is 1. The monoisotopic (exact) mass is 341 g/mol. The van der Waals surface area contributed by atoms with Gasteiger partial charge in [-0.05, 0) is 24.3 Å². The van der Waals surface area contributed by atoms with Gasteiger partial charge in [0, 0.05) is 11.6 Å². The highest BCUT2D eigenvalue weighted by Gasteiger charge is 2.28. The molecule has 0 heterocycles. The van der Waals surface area contributed by atoms with E-state index < -0.39 is 18.7 Å². The van der Waals surface area contributed by atoms with Crippen LogP contribution in [-0.2, 0) is 0 Å². The average molecular weight is 341 g/mol. The van der Waals surface area contributed by atoms with E-state index in [1.807, 2.05) is 0 Å². The van der Waals surface area contributed by atoms with Crippen molar-refractivity contribution in [2.75, 3.05) is 19.0 Å². The van der Waals surface area contributed by atoms with Crippen LogP contribution in [-0.4, -0.2) is 30.9 Å². The van der Waals surface area contributed by atoms with Crippen molar-refractivity contribution in [2.24, 2.45) is 0 Å². The number of rotatable bonds is 5. The van der Waals surface area contributed by atoms with Crippen molar-refractivity contribution >= 4 is 11.6 Å². The van der Waals surface area contributed by atoms with Gasteiger partial charge in [0.15, 0.2) is 6.61 Å². The van der Waals surface area contributed by atoms with Crippen molar-refractivity contribution in [2.45, 2.75) is 6.18 Å². The fraction of sp³-hybridized carbons (Fsp3) is 0.188. The lowest BCUT2D eigenvalue weighted by atomic mass is 10.1. The molecule has 2 rings (SSSR count). The maximum Gasteiger partial charge on any atom is 0.422 e. The van der Waals surface area contributed by atoms with Crippen LogP contribution < -0.4 is 14.8 Å². The van der Waals surface area contributed by atoms with Crippen molar-refractivity contribution in [3.05, 3.63) is 48.0 Å². The molecule has 0 unspecified atom stereocenters. The van der Waals surface area contributed by atoms with Crippen LogP contribution >= 0.6 is 0 Å². The number of phenols is 1. The number of nitrogens with one attached hydrogen (secondary N) is 1. The average Bonchev–Trinajstić information content (AvgIpc) is 2.52. The minimum Gasteiger partial charge on any atom is -0.508 e. The molecular formula is C16H14F3NO4. The molecule has 24 heavy (non-hydrogen) atoms. The van der Waals surface area contributed by atoms with Gasteiger partial charge >= 0.3 is 6.18 Å². The fourth-order valence-corrected chi connectivity index (χ4v) is 1.91. The highest BCUT2D eigenvalue weighted by Crippen LogP contribution is 2.27. The van der Waals surface area contributed by atoms with Gasteiger partial charge in [0.05, 0.1) is 12.8 Å². The van der Waals surface area contributed by atoms with Crippen LogP contribution in [0.3, 0.4) is 0 Å². The van der Waals surface area contributed by atoms with E-state index in [0.717, 1.165) is 18.2 Å². The van der Waals surface area contributed by atoms with E-state index in [1.54, 1.807) is 24.3 Å². The highest BCUT2D eigenvalue weighted by atomic mass is 19.4. The molecule has 5 nitrogen and oxygen atoms in total. The molecule has 0 fully saturated rings. The molecule has 2 aromatic rings. The molecule has 0 aliphatic heterocycles. The number of amides is 1. The third kappa shape index (κ3) is 4.80. The molecule has 0 aliphatic rings. The number of halogens is 3. The number of anilines is 1. The molecule has 128 valence electrons. The summed E-state index contributed by atoms with van der Waals surface area (Å²) in [5.41, 5.74) is 0.323. The number of phenolic OH excluding ortho intramolecular Hbond substituents is 1. The van der Waals surface area contributed by atoms with E-state index in [9.17, 15) is 23.1 Å². The number of methoxy groups -OCH3 is 1. The number of hydrogen-bond donors (Lipinski definition) is 2. The van der Waals surface area contributed by atoms with Gasteiger partial charge in [-0.15, -0.1) is 0 Å². The number of carbonyl (C=O) groups is 1. The summed E-state index contributed by atoms with van der Waals surface area (Å²) in [6.45, 7) is -1.52. The Morgan fingerprint density at radius 3 is 2.58 bits per heavy atom. The van der Waals surface area contributed by atoms with E-state index in [4.69, 9.17) is 4.74 Å². The Hall–Kier alpha value is -2.90. The summed E-state index contributed by atoms with van der Waals surface area (Å²) in [6, 6.07) is 9.84. The molecule has 2 aromatic carbocycles. The summed E-state index contributed by atoms with van der Waals surface area (Å²) in [4.78, 5) is 12.2. The molecule has 2 N–H and O–H groups in total. The quantitative estimate of drug-likeness (QED) is 0.872. The van der Waals surface area contributed by atoms with Gasteiger partial charge < -0.3 is 19.9 Å². The Morgan fingerprint density at radius 2 is 1.92 bits per heavy atom. The number of para-hydroxylation sites is 2. The van der Waals surface area contributed by atoms with E-state index in [1.165, 1.54) is 7.11 Å². The molecule has 0 atom stereocenters. The molecule has 0 saturated carbocycles. The zero-order valence-electron chi connectivity index (χ0n) is 12.6. The summed E-state index contributed by atoms with van der Waals surface area (Å²) >= 11 is 0. The maximum atomic E-state index is 12.2. The molecule has 0 aliphatic carbocycles. The normalized spacial score (nSPS) is 11.0. The minimum atomic E-state index is -4.52. The van der Waals surface area contributed by atoms with Gasteiger partial charge in [-0.3, -0.25) is 4.79 Å². The van der Waals surface area contributed by atoms with Crippen LogP contribution in [0.5, 0.6) is 17.2 Å². The van der Waals surface area contributed by atoms with Crippen molar-refractivity contribution in [1.29, 1.82) is 0 Å². The van der Waals surface area contributed by atoms with E-state index >= 15 is 0 Å². The van der Waals surface area contributed by atoms with E-state index in [0.29, 0.717) is 11.4 Å². The van der Waals surface area contributed by atoms with Gasteiger partial charge in [-0.2, -0.15) is 13.2 Å². The Labute approximate surface area is 135 Å². The Balaban J connectivity index is 2.18. The largest absolute Gasteiger partial charge is 0.508 e. The predicted molar refractivity (Wildman–Crippen MR) is 80.6 cm³/mol. The molecule has 0 saturated heterocycles. The standard InChI is InChI=1S/C16H14F3NO4/c1-23-14-5-3-2-4-13(14)20-15(22)10-6-11(21)8-12(7-10)24-9-16(17,18)19/h2-8,21H,9H2,1H3,(H,20,22). The number of alkyl halides is 3. The lowest BCUT2D eigenvalue weighted by Crippen LogP contribution is -2.19. The summed E-state index contributed by atoms with van der Waals surface area (Å²) in [7, 11) is 1.43. The van der Waals surface area contributed by atoms with Gasteiger partial charge in [0.2, 0.25) is 0 Å². The first-order valence-electron chi connectivity index (χ1n) is 6.76. The van der Waals surface area contributed by atoms with Crippen LogP contribution in [0, 0.1) is 0 Å². The van der Waals surface area contributed by atoms with Gasteiger partial charge in [-0.1, -0.05) is 12.1 Å². The Morgan fingerprint density at radius 1 is 1.21 bits per heavy atom. The van der Waals surface area contributed by atoms with Crippen molar-refractivity contribution < 1.29 is 32.5 Å². The molecular weight excluding hydrogens is 327 g/mol. The number of benzene rings is 2.